The van der Waals surface area contributed by atoms with E-state index in [2.05, 4.69) is 0 Å². The van der Waals surface area contributed by atoms with Gasteiger partial charge in [-0.2, -0.15) is 0 Å². The maximum Gasteiger partial charge on any atom is 0.311 e. The van der Waals surface area contributed by atoms with E-state index in [9.17, 15) is 14.4 Å². The number of carbonyl (C=O) groups is 3. The number of rotatable bonds is 11. The van der Waals surface area contributed by atoms with E-state index in [-0.39, 0.29) is 43.9 Å². The van der Waals surface area contributed by atoms with Crippen LogP contribution in [-0.4, -0.2) is 36.7 Å². The third kappa shape index (κ3) is 7.75. The van der Waals surface area contributed by atoms with Gasteiger partial charge < -0.3 is 14.2 Å². The van der Waals surface area contributed by atoms with Crippen molar-refractivity contribution in [2.45, 2.75) is 80.3 Å². The van der Waals surface area contributed by atoms with Gasteiger partial charge >= 0.3 is 17.9 Å². The van der Waals surface area contributed by atoms with Crippen molar-refractivity contribution in [1.82, 2.24) is 0 Å². The van der Waals surface area contributed by atoms with E-state index in [1.54, 1.807) is 13.8 Å². The predicted octanol–water partition coefficient (Wildman–Crippen LogP) is 3.90. The van der Waals surface area contributed by atoms with E-state index < -0.39 is 23.0 Å². The van der Waals surface area contributed by atoms with Crippen LogP contribution in [-0.2, 0) is 28.6 Å². The molecule has 0 unspecified atom stereocenters. The fourth-order valence-corrected chi connectivity index (χ4v) is 2.10. The van der Waals surface area contributed by atoms with Crippen LogP contribution >= 0.6 is 0 Å². The standard InChI is InChI=1S/C20H36O6/c1-9-19(6,7)18(23)25-13-12-24-16(21)10-11-17(22)26-20(8,14(2)3)15(4)5/h14-15H,9-13H2,1-8H3. The van der Waals surface area contributed by atoms with Crippen molar-refractivity contribution in [3.63, 3.8) is 0 Å². The molecule has 0 N–H and O–H groups in total. The van der Waals surface area contributed by atoms with E-state index in [0.29, 0.717) is 6.42 Å². The van der Waals surface area contributed by atoms with Crippen LogP contribution in [0.2, 0.25) is 0 Å². The molecule has 0 amide bonds. The molecule has 0 aliphatic rings. The van der Waals surface area contributed by atoms with Crippen LogP contribution in [0.15, 0.2) is 0 Å². The summed E-state index contributed by atoms with van der Waals surface area (Å²) < 4.78 is 15.7. The maximum absolute atomic E-state index is 12.0. The molecule has 0 aromatic heterocycles. The molecular weight excluding hydrogens is 336 g/mol. The Kier molecular flexibility index (Phi) is 9.89. The number of hydrogen-bond donors (Lipinski definition) is 0. The molecule has 0 bridgehead atoms. The first-order valence-electron chi connectivity index (χ1n) is 9.41. The first-order valence-corrected chi connectivity index (χ1v) is 9.41. The van der Waals surface area contributed by atoms with Gasteiger partial charge in [0.1, 0.15) is 18.8 Å². The summed E-state index contributed by atoms with van der Waals surface area (Å²) in [4.78, 5) is 35.5. The van der Waals surface area contributed by atoms with Gasteiger partial charge in [0.15, 0.2) is 0 Å². The molecule has 0 aliphatic carbocycles. The molecule has 0 aliphatic heterocycles. The van der Waals surface area contributed by atoms with Gasteiger partial charge in [-0.05, 0) is 39.0 Å². The zero-order chi connectivity index (χ0) is 20.5. The zero-order valence-electron chi connectivity index (χ0n) is 17.6. The highest BCUT2D eigenvalue weighted by atomic mass is 16.6. The molecule has 0 spiro atoms. The largest absolute Gasteiger partial charge is 0.462 e. The Morgan fingerprint density at radius 2 is 1.27 bits per heavy atom. The molecule has 152 valence electrons. The Labute approximate surface area is 157 Å². The lowest BCUT2D eigenvalue weighted by molar-refractivity contribution is -0.170. The lowest BCUT2D eigenvalue weighted by Gasteiger charge is -2.37. The summed E-state index contributed by atoms with van der Waals surface area (Å²) in [6.45, 7) is 15.4. The Morgan fingerprint density at radius 1 is 0.808 bits per heavy atom. The normalized spacial score (nSPS) is 12.2. The Hall–Kier alpha value is -1.59. The number of esters is 3. The van der Waals surface area contributed by atoms with Crippen LogP contribution in [0, 0.1) is 17.3 Å². The quantitative estimate of drug-likeness (QED) is 0.311. The van der Waals surface area contributed by atoms with Crippen LogP contribution in [0.5, 0.6) is 0 Å². The average molecular weight is 373 g/mol. The number of carbonyl (C=O) groups excluding carboxylic acids is 3. The minimum atomic E-state index is -0.568. The molecule has 0 fully saturated rings. The van der Waals surface area contributed by atoms with Gasteiger partial charge in [0.2, 0.25) is 0 Å². The highest BCUT2D eigenvalue weighted by Gasteiger charge is 2.36. The Morgan fingerprint density at radius 3 is 1.73 bits per heavy atom. The van der Waals surface area contributed by atoms with Gasteiger partial charge in [0.25, 0.3) is 0 Å². The predicted molar refractivity (Wildman–Crippen MR) is 99.4 cm³/mol. The number of hydrogen-bond acceptors (Lipinski definition) is 6. The van der Waals surface area contributed by atoms with E-state index in [4.69, 9.17) is 14.2 Å². The molecule has 0 radical (unpaired) electrons. The highest BCUT2D eigenvalue weighted by Crippen LogP contribution is 2.30. The van der Waals surface area contributed by atoms with E-state index in [0.717, 1.165) is 0 Å². The average Bonchev–Trinajstić information content (AvgIpc) is 2.55. The van der Waals surface area contributed by atoms with Gasteiger partial charge in [-0.25, -0.2) is 0 Å². The summed E-state index contributed by atoms with van der Waals surface area (Å²) in [6.07, 6.45) is 0.579. The minimum Gasteiger partial charge on any atom is -0.462 e. The first kappa shape index (κ1) is 24.4. The minimum absolute atomic E-state index is 0.0111. The second kappa shape index (κ2) is 10.5. The highest BCUT2D eigenvalue weighted by molar-refractivity contribution is 5.78. The molecule has 0 aromatic carbocycles. The van der Waals surface area contributed by atoms with Crippen LogP contribution in [0.4, 0.5) is 0 Å². The first-order chi connectivity index (χ1) is 11.9. The lowest BCUT2D eigenvalue weighted by atomic mass is 9.82. The Balaban J connectivity index is 4.16. The van der Waals surface area contributed by atoms with Crippen molar-refractivity contribution in [3.05, 3.63) is 0 Å². The van der Waals surface area contributed by atoms with Crippen LogP contribution in [0.3, 0.4) is 0 Å². The second-order valence-electron chi connectivity index (χ2n) is 8.06. The van der Waals surface area contributed by atoms with Crippen molar-refractivity contribution in [3.8, 4) is 0 Å². The summed E-state index contributed by atoms with van der Waals surface area (Å²) in [5, 5.41) is 0. The summed E-state index contributed by atoms with van der Waals surface area (Å²) in [7, 11) is 0. The summed E-state index contributed by atoms with van der Waals surface area (Å²) >= 11 is 0. The molecule has 0 heterocycles. The van der Waals surface area contributed by atoms with Crippen molar-refractivity contribution >= 4 is 17.9 Å². The second-order valence-corrected chi connectivity index (χ2v) is 8.06. The van der Waals surface area contributed by atoms with Gasteiger partial charge in [0.05, 0.1) is 18.3 Å². The molecule has 0 saturated carbocycles. The van der Waals surface area contributed by atoms with Gasteiger partial charge in [-0.3, -0.25) is 14.4 Å². The third-order valence-corrected chi connectivity index (χ3v) is 5.18. The molecule has 6 heteroatoms. The Bertz CT molecular complexity index is 471. The summed E-state index contributed by atoms with van der Waals surface area (Å²) in [5.74, 6) is -0.909. The zero-order valence-corrected chi connectivity index (χ0v) is 17.6. The van der Waals surface area contributed by atoms with Gasteiger partial charge in [-0.1, -0.05) is 34.6 Å². The van der Waals surface area contributed by atoms with Crippen molar-refractivity contribution in [2.75, 3.05) is 13.2 Å². The van der Waals surface area contributed by atoms with Gasteiger partial charge in [-0.15, -0.1) is 0 Å². The van der Waals surface area contributed by atoms with Crippen LogP contribution < -0.4 is 0 Å². The maximum atomic E-state index is 12.0. The molecule has 0 saturated heterocycles. The molecule has 0 aromatic rings. The fourth-order valence-electron chi connectivity index (χ4n) is 2.10. The van der Waals surface area contributed by atoms with Crippen LogP contribution in [0.1, 0.15) is 74.7 Å². The molecule has 6 nitrogen and oxygen atoms in total. The van der Waals surface area contributed by atoms with E-state index >= 15 is 0 Å². The summed E-state index contributed by atoms with van der Waals surface area (Å²) in [5.41, 5.74) is -1.12. The van der Waals surface area contributed by atoms with Crippen molar-refractivity contribution in [1.29, 1.82) is 0 Å². The SMILES string of the molecule is CCC(C)(C)C(=O)OCCOC(=O)CCC(=O)OC(C)(C(C)C)C(C)C. The van der Waals surface area contributed by atoms with E-state index in [1.807, 2.05) is 41.5 Å². The van der Waals surface area contributed by atoms with Crippen molar-refractivity contribution < 1.29 is 28.6 Å². The monoisotopic (exact) mass is 372 g/mol. The topological polar surface area (TPSA) is 78.9 Å². The molecule has 0 rings (SSSR count). The van der Waals surface area contributed by atoms with Crippen LogP contribution in [0.25, 0.3) is 0 Å². The molecule has 0 atom stereocenters. The lowest BCUT2D eigenvalue weighted by Crippen LogP contribution is -2.42. The molecular formula is C20H36O6. The van der Waals surface area contributed by atoms with Crippen molar-refractivity contribution in [2.24, 2.45) is 17.3 Å². The third-order valence-electron chi connectivity index (χ3n) is 5.18. The number of ether oxygens (including phenoxy) is 3. The van der Waals surface area contributed by atoms with E-state index in [1.165, 1.54) is 0 Å². The fraction of sp³-hybridized carbons (Fsp3) is 0.850. The smallest absolute Gasteiger partial charge is 0.311 e. The molecule has 26 heavy (non-hydrogen) atoms. The summed E-state index contributed by atoms with van der Waals surface area (Å²) in [6, 6.07) is 0. The van der Waals surface area contributed by atoms with Gasteiger partial charge in [0, 0.05) is 0 Å².